The van der Waals surface area contributed by atoms with Crippen molar-refractivity contribution >= 4 is 103 Å². The Balaban J connectivity index is 1.11. The van der Waals surface area contributed by atoms with Gasteiger partial charge in [0.15, 0.2) is 11.2 Å². The molecular formula is C45H24N4OS. The maximum Gasteiger partial charge on any atom is 0.180 e. The van der Waals surface area contributed by atoms with E-state index in [1.165, 1.54) is 36.3 Å². The van der Waals surface area contributed by atoms with Gasteiger partial charge in [-0.1, -0.05) is 121 Å². The minimum atomic E-state index is 0.699. The first-order valence-electron chi connectivity index (χ1n) is 17.0. The molecule has 0 aliphatic heterocycles. The van der Waals surface area contributed by atoms with Gasteiger partial charge in [0.05, 0.1) is 26.8 Å². The smallest absolute Gasteiger partial charge is 0.180 e. The Morgan fingerprint density at radius 1 is 0.529 bits per heavy atom. The minimum Gasteiger partial charge on any atom is -0.452 e. The average Bonchev–Trinajstić information content (AvgIpc) is 3.90. The monoisotopic (exact) mass is 668 g/mol. The second-order valence-electron chi connectivity index (χ2n) is 13.2. The number of furan rings is 1. The lowest BCUT2D eigenvalue weighted by atomic mass is 10.0. The highest BCUT2D eigenvalue weighted by molar-refractivity contribution is 7.27. The number of fused-ring (bicyclic) bond motifs is 16. The van der Waals surface area contributed by atoms with Crippen LogP contribution in [0.15, 0.2) is 150 Å². The van der Waals surface area contributed by atoms with E-state index >= 15 is 0 Å². The van der Waals surface area contributed by atoms with E-state index in [0.717, 1.165) is 71.8 Å². The second kappa shape index (κ2) is 9.97. The molecule has 0 fully saturated rings. The molecule has 0 radical (unpaired) electrons. The summed E-state index contributed by atoms with van der Waals surface area (Å²) in [4.78, 5) is 14.9. The molecule has 0 amide bonds. The summed E-state index contributed by atoms with van der Waals surface area (Å²) in [5.74, 6) is 0. The van der Waals surface area contributed by atoms with Crippen LogP contribution in [0.4, 0.5) is 0 Å². The molecule has 0 atom stereocenters. The summed E-state index contributed by atoms with van der Waals surface area (Å²) in [6.45, 7) is 0. The molecule has 5 aromatic heterocycles. The highest BCUT2D eigenvalue weighted by Gasteiger charge is 2.21. The molecule has 0 saturated heterocycles. The maximum absolute atomic E-state index is 6.47. The summed E-state index contributed by atoms with van der Waals surface area (Å²) in [5.41, 5.74) is 9.38. The summed E-state index contributed by atoms with van der Waals surface area (Å²) in [6, 6.07) is 49.6. The van der Waals surface area contributed by atoms with Crippen molar-refractivity contribution in [2.24, 2.45) is 0 Å². The first-order chi connectivity index (χ1) is 25.3. The Labute approximate surface area is 293 Å². The lowest BCUT2D eigenvalue weighted by Crippen LogP contribution is -1.93. The van der Waals surface area contributed by atoms with Crippen LogP contribution in [0.1, 0.15) is 0 Å². The molecule has 5 heterocycles. The fraction of sp³-hybridized carbons (Fsp3) is 0. The van der Waals surface area contributed by atoms with Crippen LogP contribution < -0.4 is 0 Å². The van der Waals surface area contributed by atoms with Gasteiger partial charge in [-0.3, -0.25) is 4.40 Å². The van der Waals surface area contributed by atoms with E-state index in [1.807, 2.05) is 17.4 Å². The van der Waals surface area contributed by atoms with Crippen LogP contribution in [0.2, 0.25) is 0 Å². The predicted octanol–water partition coefficient (Wildman–Crippen LogP) is 12.3. The fourth-order valence-corrected chi connectivity index (χ4v) is 9.41. The van der Waals surface area contributed by atoms with Gasteiger partial charge in [0.2, 0.25) is 0 Å². The number of benzene rings is 7. The molecule has 12 aromatic rings. The van der Waals surface area contributed by atoms with Gasteiger partial charge in [-0.15, -0.1) is 11.3 Å². The predicted molar refractivity (Wildman–Crippen MR) is 212 cm³/mol. The zero-order chi connectivity index (χ0) is 33.2. The highest BCUT2D eigenvalue weighted by atomic mass is 32.1. The first-order valence-corrected chi connectivity index (χ1v) is 17.8. The lowest BCUT2D eigenvalue weighted by molar-refractivity contribution is 0.667. The van der Waals surface area contributed by atoms with Crippen molar-refractivity contribution in [3.63, 3.8) is 0 Å². The molecule has 0 aliphatic carbocycles. The third kappa shape index (κ3) is 3.71. The van der Waals surface area contributed by atoms with E-state index in [9.17, 15) is 0 Å². The molecule has 51 heavy (non-hydrogen) atoms. The van der Waals surface area contributed by atoms with Crippen molar-refractivity contribution in [2.45, 2.75) is 0 Å². The number of hydrogen-bond donors (Lipinski definition) is 0. The molecule has 0 saturated carbocycles. The van der Waals surface area contributed by atoms with Gasteiger partial charge in [-0.2, -0.15) is 0 Å². The number of rotatable bonds is 2. The molecule has 0 aliphatic rings. The zero-order valence-corrected chi connectivity index (χ0v) is 27.8. The van der Waals surface area contributed by atoms with E-state index in [4.69, 9.17) is 19.4 Å². The van der Waals surface area contributed by atoms with Crippen LogP contribution in [0.5, 0.6) is 0 Å². The molecule has 0 unspecified atom stereocenters. The largest absolute Gasteiger partial charge is 0.452 e. The average molecular weight is 669 g/mol. The number of nitrogens with zero attached hydrogens (tertiary/aromatic N) is 4. The van der Waals surface area contributed by atoms with Crippen LogP contribution in [0, 0.1) is 0 Å². The van der Waals surface area contributed by atoms with Gasteiger partial charge in [-0.05, 0) is 50.7 Å². The number of pyridine rings is 1. The van der Waals surface area contributed by atoms with Crippen LogP contribution in [-0.4, -0.2) is 19.4 Å². The third-order valence-corrected chi connectivity index (χ3v) is 11.7. The molecule has 5 nitrogen and oxygen atoms in total. The fourth-order valence-electron chi connectivity index (χ4n) is 8.12. The first kappa shape index (κ1) is 27.2. The molecule has 12 rings (SSSR count). The summed E-state index contributed by atoms with van der Waals surface area (Å²) < 4.78 is 11.3. The molecular weight excluding hydrogens is 645 g/mol. The van der Waals surface area contributed by atoms with Crippen molar-refractivity contribution < 1.29 is 4.42 Å². The van der Waals surface area contributed by atoms with Gasteiger partial charge < -0.3 is 4.42 Å². The van der Waals surface area contributed by atoms with Gasteiger partial charge in [0.1, 0.15) is 23.1 Å². The van der Waals surface area contributed by atoms with Crippen molar-refractivity contribution in [2.75, 3.05) is 0 Å². The Hall–Kier alpha value is -6.63. The normalized spacial score (nSPS) is 12.3. The minimum absolute atomic E-state index is 0.699. The lowest BCUT2D eigenvalue weighted by Gasteiger charge is -2.10. The van der Waals surface area contributed by atoms with Gasteiger partial charge in [-0.25, -0.2) is 15.0 Å². The molecule has 7 aromatic carbocycles. The van der Waals surface area contributed by atoms with Crippen LogP contribution >= 0.6 is 11.3 Å². The Morgan fingerprint density at radius 2 is 1.22 bits per heavy atom. The molecule has 0 spiro atoms. The van der Waals surface area contributed by atoms with Crippen molar-refractivity contribution in [3.05, 3.63) is 146 Å². The topological polar surface area (TPSA) is 56.2 Å². The van der Waals surface area contributed by atoms with E-state index < -0.39 is 0 Å². The summed E-state index contributed by atoms with van der Waals surface area (Å²) in [6.07, 6.45) is 1.65. The van der Waals surface area contributed by atoms with E-state index in [0.29, 0.717) is 5.58 Å². The van der Waals surface area contributed by atoms with Gasteiger partial charge >= 0.3 is 0 Å². The quantitative estimate of drug-likeness (QED) is 0.184. The SMILES string of the molecule is c1ccc2c(c1)ccc1c2nc2c3sc4c5ccccc5ccc4c3cc(-c3ccc(-c4ncnc5c4oc4ccc6ccccc6c45)cc3)n12. The number of thiophene rings is 1. The number of hydrogen-bond acceptors (Lipinski definition) is 5. The van der Waals surface area contributed by atoms with Crippen molar-refractivity contribution in [1.82, 2.24) is 19.4 Å². The highest BCUT2D eigenvalue weighted by Crippen LogP contribution is 2.44. The second-order valence-corrected chi connectivity index (χ2v) is 14.2. The van der Waals surface area contributed by atoms with Gasteiger partial charge in [0.25, 0.3) is 0 Å². The van der Waals surface area contributed by atoms with E-state index in [2.05, 4.69) is 138 Å². The summed E-state index contributed by atoms with van der Waals surface area (Å²) in [5, 5.41) is 10.7. The van der Waals surface area contributed by atoms with Crippen molar-refractivity contribution in [1.29, 1.82) is 0 Å². The van der Waals surface area contributed by atoms with Crippen LogP contribution in [-0.2, 0) is 0 Å². The van der Waals surface area contributed by atoms with Crippen LogP contribution in [0.25, 0.3) is 114 Å². The van der Waals surface area contributed by atoms with E-state index in [1.54, 1.807) is 6.33 Å². The molecule has 236 valence electrons. The van der Waals surface area contributed by atoms with Crippen LogP contribution in [0.3, 0.4) is 0 Å². The third-order valence-electron chi connectivity index (χ3n) is 10.5. The van der Waals surface area contributed by atoms with E-state index in [-0.39, 0.29) is 0 Å². The summed E-state index contributed by atoms with van der Waals surface area (Å²) >= 11 is 1.84. The van der Waals surface area contributed by atoms with Gasteiger partial charge in [0, 0.05) is 26.4 Å². The molecule has 0 N–H and O–H groups in total. The number of imidazole rings is 1. The summed E-state index contributed by atoms with van der Waals surface area (Å²) in [7, 11) is 0. The maximum atomic E-state index is 6.47. The zero-order valence-electron chi connectivity index (χ0n) is 27.0. The Bertz CT molecular complexity index is 3430. The number of aromatic nitrogens is 4. The Kier molecular flexibility index (Phi) is 5.32. The standard InChI is InChI=1S/C45H24N4OS/c1-4-10-30-25(7-1)19-22-37-38(30)41-42(50-37)39(46-24-47-41)29-15-13-28(14-16-29)36-23-34-33-20-17-27-9-3-6-12-32(27)43(33)51-44(34)45-48-40-31-11-5-2-8-26(31)18-21-35(40)49(36)45/h1-24H. The van der Waals surface area contributed by atoms with Crippen molar-refractivity contribution in [3.8, 4) is 22.5 Å². The Morgan fingerprint density at radius 3 is 2.06 bits per heavy atom. The molecule has 6 heteroatoms. The molecule has 0 bridgehead atoms.